The Labute approximate surface area is 204 Å². The monoisotopic (exact) mass is 464 g/mol. The van der Waals surface area contributed by atoms with Gasteiger partial charge in [0.1, 0.15) is 11.4 Å². The molecule has 35 heavy (non-hydrogen) atoms. The molecular formula is C29H28N4O2. The van der Waals surface area contributed by atoms with Gasteiger partial charge in [0.15, 0.2) is 0 Å². The summed E-state index contributed by atoms with van der Waals surface area (Å²) in [6, 6.07) is 16.8. The average Bonchev–Trinajstić information content (AvgIpc) is 3.77. The lowest BCUT2D eigenvalue weighted by Gasteiger charge is -2.41. The highest BCUT2D eigenvalue weighted by atomic mass is 16.2. The third-order valence-corrected chi connectivity index (χ3v) is 8.02. The quantitative estimate of drug-likeness (QED) is 0.568. The summed E-state index contributed by atoms with van der Waals surface area (Å²) in [6.07, 6.45) is 5.60. The number of likely N-dealkylation sites (tertiary alicyclic amines) is 1. The molecule has 7 rings (SSSR count). The summed E-state index contributed by atoms with van der Waals surface area (Å²) in [5.74, 6) is 1.82. The number of aliphatic imine (C=N–C) groups is 1. The maximum atomic E-state index is 13.2. The van der Waals surface area contributed by atoms with Crippen LogP contribution in [0.2, 0.25) is 0 Å². The van der Waals surface area contributed by atoms with E-state index in [9.17, 15) is 9.59 Å². The van der Waals surface area contributed by atoms with E-state index in [2.05, 4.69) is 54.4 Å². The number of amidine groups is 1. The average molecular weight is 465 g/mol. The zero-order chi connectivity index (χ0) is 23.7. The minimum atomic E-state index is -0.525. The van der Waals surface area contributed by atoms with Gasteiger partial charge in [0.05, 0.1) is 5.52 Å². The van der Waals surface area contributed by atoms with E-state index in [-0.39, 0.29) is 11.8 Å². The van der Waals surface area contributed by atoms with Gasteiger partial charge in [0.25, 0.3) is 5.91 Å². The van der Waals surface area contributed by atoms with Crippen molar-refractivity contribution in [3.63, 3.8) is 0 Å². The highest BCUT2D eigenvalue weighted by molar-refractivity contribution is 6.16. The summed E-state index contributed by atoms with van der Waals surface area (Å²) in [4.78, 5) is 38.8. The van der Waals surface area contributed by atoms with Gasteiger partial charge in [-0.05, 0) is 61.4 Å². The first-order chi connectivity index (χ1) is 17.0. The fraction of sp³-hybridized carbons (Fsp3) is 0.379. The molecule has 3 aromatic rings. The van der Waals surface area contributed by atoms with Crippen molar-refractivity contribution in [1.82, 2.24) is 14.8 Å². The second-order valence-electron chi connectivity index (χ2n) is 10.7. The molecule has 2 saturated carbocycles. The van der Waals surface area contributed by atoms with Crippen LogP contribution in [0.25, 0.3) is 22.0 Å². The number of carbonyl (C=O) groups excluding carboxylic acids is 2. The summed E-state index contributed by atoms with van der Waals surface area (Å²) in [6.45, 7) is 4.26. The summed E-state index contributed by atoms with van der Waals surface area (Å²) >= 11 is 0. The number of aryl methyl sites for hydroxylation is 1. The van der Waals surface area contributed by atoms with Gasteiger partial charge >= 0.3 is 0 Å². The Kier molecular flexibility index (Phi) is 4.44. The fourth-order valence-corrected chi connectivity index (χ4v) is 5.49. The van der Waals surface area contributed by atoms with Crippen molar-refractivity contribution < 1.29 is 9.59 Å². The van der Waals surface area contributed by atoms with E-state index in [0.29, 0.717) is 18.4 Å². The largest absolute Gasteiger partial charge is 0.342 e. The van der Waals surface area contributed by atoms with E-state index in [4.69, 9.17) is 4.99 Å². The molecule has 6 heteroatoms. The van der Waals surface area contributed by atoms with Crippen LogP contribution < -0.4 is 0 Å². The van der Waals surface area contributed by atoms with E-state index in [0.717, 1.165) is 66.8 Å². The van der Waals surface area contributed by atoms with Crippen LogP contribution in [0.1, 0.15) is 36.8 Å². The molecule has 1 spiro atoms. The van der Waals surface area contributed by atoms with Gasteiger partial charge < -0.3 is 4.90 Å². The summed E-state index contributed by atoms with van der Waals surface area (Å²) in [7, 11) is 0. The lowest BCUT2D eigenvalue weighted by Crippen LogP contribution is -2.55. The molecule has 4 aliphatic rings. The van der Waals surface area contributed by atoms with E-state index in [1.54, 1.807) is 0 Å². The Balaban J connectivity index is 1.11. The van der Waals surface area contributed by atoms with Crippen LogP contribution in [-0.2, 0) is 9.59 Å². The Bertz CT molecular complexity index is 1400. The molecule has 0 N–H and O–H groups in total. The molecule has 176 valence electrons. The zero-order valence-electron chi connectivity index (χ0n) is 19.9. The standard InChI is InChI=1S/C29H28N4O2/c1-18-10-13-30-25-14-23(8-9-24(18)25)20-2-4-21(5-3-20)26-31-29(11-12-29)28(35)33(26)17-19-15-32(16-19)27(34)22-6-7-22/h2-5,8-10,13-14,19,22H,6-7,11-12,15-17H2,1H3. The van der Waals surface area contributed by atoms with Crippen LogP contribution in [0.4, 0.5) is 0 Å². The van der Waals surface area contributed by atoms with E-state index >= 15 is 0 Å². The van der Waals surface area contributed by atoms with E-state index in [1.807, 2.05) is 22.1 Å². The third kappa shape index (κ3) is 3.46. The number of aromatic nitrogens is 1. The number of pyridine rings is 1. The van der Waals surface area contributed by atoms with Gasteiger partial charge in [0.2, 0.25) is 5.91 Å². The molecular weight excluding hydrogens is 436 g/mol. The number of carbonyl (C=O) groups is 2. The molecule has 3 fully saturated rings. The summed E-state index contributed by atoms with van der Waals surface area (Å²) in [5.41, 5.74) is 4.91. The number of fused-ring (bicyclic) bond motifs is 1. The van der Waals surface area contributed by atoms with Crippen molar-refractivity contribution >= 4 is 28.6 Å². The molecule has 2 aliphatic carbocycles. The van der Waals surface area contributed by atoms with Gasteiger partial charge in [-0.2, -0.15) is 0 Å². The van der Waals surface area contributed by atoms with Crippen molar-refractivity contribution in [2.45, 2.75) is 38.1 Å². The minimum absolute atomic E-state index is 0.138. The summed E-state index contributed by atoms with van der Waals surface area (Å²) in [5, 5.41) is 1.17. The number of amides is 2. The molecule has 0 unspecified atom stereocenters. The van der Waals surface area contributed by atoms with Crippen LogP contribution in [0.3, 0.4) is 0 Å². The maximum absolute atomic E-state index is 13.2. The second kappa shape index (κ2) is 7.48. The van der Waals surface area contributed by atoms with Crippen molar-refractivity contribution in [3.05, 3.63) is 65.9 Å². The second-order valence-corrected chi connectivity index (χ2v) is 10.7. The highest BCUT2D eigenvalue weighted by Crippen LogP contribution is 2.46. The smallest absolute Gasteiger partial charge is 0.256 e. The van der Waals surface area contributed by atoms with Gasteiger partial charge in [-0.1, -0.05) is 36.4 Å². The minimum Gasteiger partial charge on any atom is -0.342 e. The lowest BCUT2D eigenvalue weighted by atomic mass is 9.97. The van der Waals surface area contributed by atoms with Crippen molar-refractivity contribution in [2.24, 2.45) is 16.8 Å². The summed E-state index contributed by atoms with van der Waals surface area (Å²) < 4.78 is 0. The van der Waals surface area contributed by atoms with E-state index in [1.165, 1.54) is 10.9 Å². The molecule has 1 saturated heterocycles. The van der Waals surface area contributed by atoms with Gasteiger partial charge in [-0.3, -0.25) is 24.5 Å². The zero-order valence-corrected chi connectivity index (χ0v) is 19.9. The first-order valence-electron chi connectivity index (χ1n) is 12.7. The fourth-order valence-electron chi connectivity index (χ4n) is 5.49. The number of nitrogens with zero attached hydrogens (tertiary/aromatic N) is 4. The first kappa shape index (κ1) is 20.8. The van der Waals surface area contributed by atoms with Crippen LogP contribution in [0.5, 0.6) is 0 Å². The van der Waals surface area contributed by atoms with Crippen LogP contribution in [-0.4, -0.2) is 57.6 Å². The van der Waals surface area contributed by atoms with Crippen molar-refractivity contribution in [2.75, 3.05) is 19.6 Å². The predicted molar refractivity (Wildman–Crippen MR) is 135 cm³/mol. The van der Waals surface area contributed by atoms with Crippen molar-refractivity contribution in [1.29, 1.82) is 0 Å². The molecule has 6 nitrogen and oxygen atoms in total. The molecule has 0 atom stereocenters. The normalized spacial score (nSPS) is 20.9. The first-order valence-corrected chi connectivity index (χ1v) is 12.7. The Morgan fingerprint density at radius 2 is 1.71 bits per heavy atom. The van der Waals surface area contributed by atoms with Gasteiger partial charge in [-0.25, -0.2) is 0 Å². The molecule has 2 aliphatic heterocycles. The molecule has 2 aromatic carbocycles. The molecule has 0 radical (unpaired) electrons. The van der Waals surface area contributed by atoms with Crippen molar-refractivity contribution in [3.8, 4) is 11.1 Å². The van der Waals surface area contributed by atoms with Crippen LogP contribution >= 0.6 is 0 Å². The molecule has 3 heterocycles. The highest BCUT2D eigenvalue weighted by Gasteiger charge is 2.57. The van der Waals surface area contributed by atoms with E-state index < -0.39 is 5.54 Å². The van der Waals surface area contributed by atoms with Crippen LogP contribution in [0, 0.1) is 18.8 Å². The Hall–Kier alpha value is -3.54. The number of hydrogen-bond donors (Lipinski definition) is 0. The SMILES string of the molecule is Cc1ccnc2cc(-c3ccc(C4=NC5(CC5)C(=O)N4CC4CN(C(=O)C5CC5)C4)cc3)ccc12. The Morgan fingerprint density at radius 1 is 1.00 bits per heavy atom. The number of rotatable bonds is 5. The van der Waals surface area contributed by atoms with Crippen LogP contribution in [0.15, 0.2) is 59.7 Å². The molecule has 2 amide bonds. The molecule has 0 bridgehead atoms. The number of hydrogen-bond acceptors (Lipinski definition) is 4. The van der Waals surface area contributed by atoms with Gasteiger partial charge in [0, 0.05) is 48.6 Å². The predicted octanol–water partition coefficient (Wildman–Crippen LogP) is 4.20. The maximum Gasteiger partial charge on any atom is 0.256 e. The van der Waals surface area contributed by atoms with Gasteiger partial charge in [-0.15, -0.1) is 0 Å². The third-order valence-electron chi connectivity index (χ3n) is 8.02. The topological polar surface area (TPSA) is 65.9 Å². The lowest BCUT2D eigenvalue weighted by molar-refractivity contribution is -0.139. The molecule has 1 aromatic heterocycles. The number of benzene rings is 2. The Morgan fingerprint density at radius 3 is 2.43 bits per heavy atom.